The van der Waals surface area contributed by atoms with Gasteiger partial charge in [0.05, 0.1) is 0 Å². The fourth-order valence-corrected chi connectivity index (χ4v) is 1.48. The molecule has 2 N–H and O–H groups in total. The van der Waals surface area contributed by atoms with Crippen molar-refractivity contribution in [1.82, 2.24) is 0 Å². The monoisotopic (exact) mass is 271 g/mol. The van der Waals surface area contributed by atoms with Gasteiger partial charge in [-0.15, -0.1) is 0 Å². The van der Waals surface area contributed by atoms with E-state index in [1.54, 1.807) is 0 Å². The number of rotatable bonds is 2. The van der Waals surface area contributed by atoms with Gasteiger partial charge in [-0.2, -0.15) is 0 Å². The van der Waals surface area contributed by atoms with Gasteiger partial charge in [-0.05, 0) is 25.1 Å². The minimum Gasteiger partial charge on any atom is -0.418 e. The predicted octanol–water partition coefficient (Wildman–Crippen LogP) is 3.82. The third-order valence-corrected chi connectivity index (χ3v) is 2.31. The van der Waals surface area contributed by atoms with E-state index in [9.17, 15) is 17.3 Å². The van der Waals surface area contributed by atoms with Crippen LogP contribution in [0.15, 0.2) is 54.6 Å². The lowest BCUT2D eigenvalue weighted by molar-refractivity contribution is -0.479. The lowest BCUT2D eigenvalue weighted by Gasteiger charge is -2.02. The first kappa shape index (κ1) is 15.2. The second kappa shape index (κ2) is 6.94. The average molecular weight is 271 g/mol. The van der Waals surface area contributed by atoms with E-state index < -0.39 is 7.25 Å². The summed E-state index contributed by atoms with van der Waals surface area (Å²) in [6, 6.07) is 18.8. The lowest BCUT2D eigenvalue weighted by Crippen LogP contribution is -2.71. The van der Waals surface area contributed by atoms with Gasteiger partial charge in [0.2, 0.25) is 0 Å². The van der Waals surface area contributed by atoms with E-state index in [0.717, 1.165) is 0 Å². The Morgan fingerprint density at radius 2 is 1.26 bits per heavy atom. The van der Waals surface area contributed by atoms with E-state index in [-0.39, 0.29) is 0 Å². The number of benzene rings is 2. The number of aryl methyl sites for hydroxylation is 1. The third kappa shape index (κ3) is 7.26. The molecular weight excluding hydrogens is 257 g/mol. The summed E-state index contributed by atoms with van der Waals surface area (Å²) < 4.78 is 39.0. The molecule has 19 heavy (non-hydrogen) atoms. The summed E-state index contributed by atoms with van der Waals surface area (Å²) in [4.78, 5) is 0. The van der Waals surface area contributed by atoms with Crippen molar-refractivity contribution in [1.29, 1.82) is 0 Å². The minimum atomic E-state index is -6.00. The zero-order chi connectivity index (χ0) is 14.3. The van der Waals surface area contributed by atoms with Crippen LogP contribution in [0.25, 0.3) is 0 Å². The SMILES string of the molecule is Cc1ccccc1[NH2+]c1ccccc1.F[B-](F)(F)F. The van der Waals surface area contributed by atoms with Gasteiger partial charge in [0.25, 0.3) is 0 Å². The molecule has 0 aliphatic carbocycles. The van der Waals surface area contributed by atoms with E-state index in [0.29, 0.717) is 0 Å². The van der Waals surface area contributed by atoms with Gasteiger partial charge in [0.15, 0.2) is 0 Å². The number of quaternary nitrogens is 1. The Morgan fingerprint density at radius 3 is 1.79 bits per heavy atom. The molecule has 0 aliphatic heterocycles. The fourth-order valence-electron chi connectivity index (χ4n) is 1.48. The van der Waals surface area contributed by atoms with Crippen molar-refractivity contribution in [3.63, 3.8) is 0 Å². The maximum atomic E-state index is 9.75. The first-order valence-corrected chi connectivity index (χ1v) is 5.69. The molecule has 0 saturated heterocycles. The molecule has 0 fully saturated rings. The van der Waals surface area contributed by atoms with Crippen LogP contribution in [0.1, 0.15) is 5.56 Å². The number of nitrogens with two attached hydrogens (primary N) is 1. The number of halogens is 4. The molecule has 0 aromatic heterocycles. The minimum absolute atomic E-state index is 1.25. The van der Waals surface area contributed by atoms with Gasteiger partial charge in [0.1, 0.15) is 11.4 Å². The smallest absolute Gasteiger partial charge is 0.418 e. The second-order valence-corrected chi connectivity index (χ2v) is 3.91. The molecule has 0 atom stereocenters. The standard InChI is InChI=1S/C13H13N.BF4/c1-11-7-5-6-10-13(11)14-12-8-3-2-4-9-12;2-1(3,4)5/h2-10,14H,1H3;/q;-1/p+1. The maximum absolute atomic E-state index is 9.75. The van der Waals surface area contributed by atoms with Gasteiger partial charge in [-0.25, -0.2) is 0 Å². The van der Waals surface area contributed by atoms with Gasteiger partial charge in [0, 0.05) is 5.56 Å². The summed E-state index contributed by atoms with van der Waals surface area (Å²) in [6.45, 7) is 2.13. The molecule has 6 heteroatoms. The number of para-hydroxylation sites is 2. The van der Waals surface area contributed by atoms with Crippen LogP contribution in [0.3, 0.4) is 0 Å². The van der Waals surface area contributed by atoms with Crippen LogP contribution in [-0.2, 0) is 0 Å². The van der Waals surface area contributed by atoms with Gasteiger partial charge >= 0.3 is 7.25 Å². The summed E-state index contributed by atoms with van der Waals surface area (Å²) in [7, 11) is -6.00. The maximum Gasteiger partial charge on any atom is 0.673 e. The van der Waals surface area contributed by atoms with Crippen LogP contribution in [0.5, 0.6) is 0 Å². The molecule has 0 aliphatic rings. The van der Waals surface area contributed by atoms with Crippen LogP contribution >= 0.6 is 0 Å². The van der Waals surface area contributed by atoms with Crippen molar-refractivity contribution in [2.75, 3.05) is 0 Å². The highest BCUT2D eigenvalue weighted by molar-refractivity contribution is 6.50. The summed E-state index contributed by atoms with van der Waals surface area (Å²) in [6.07, 6.45) is 0. The molecule has 2 aromatic rings. The molecule has 1 nitrogen and oxygen atoms in total. The van der Waals surface area contributed by atoms with Crippen molar-refractivity contribution < 1.29 is 22.6 Å². The Hall–Kier alpha value is -1.82. The predicted molar refractivity (Wildman–Crippen MR) is 69.1 cm³/mol. The first-order valence-electron chi connectivity index (χ1n) is 5.69. The highest BCUT2D eigenvalue weighted by Gasteiger charge is 2.20. The summed E-state index contributed by atoms with van der Waals surface area (Å²) in [5, 5.41) is 2.20. The topological polar surface area (TPSA) is 16.6 Å². The van der Waals surface area contributed by atoms with Crippen molar-refractivity contribution in [3.8, 4) is 0 Å². The van der Waals surface area contributed by atoms with Crippen LogP contribution in [-0.4, -0.2) is 7.25 Å². The Bertz CT molecular complexity index is 493. The van der Waals surface area contributed by atoms with Crippen molar-refractivity contribution in [2.45, 2.75) is 6.92 Å². The third-order valence-electron chi connectivity index (χ3n) is 2.31. The fraction of sp³-hybridized carbons (Fsp3) is 0.0769. The Morgan fingerprint density at radius 1 is 0.789 bits per heavy atom. The average Bonchev–Trinajstić information content (AvgIpc) is 2.31. The molecular formula is C13H14BF4N. The Labute approximate surface area is 109 Å². The normalized spacial score (nSPS) is 10.6. The van der Waals surface area contributed by atoms with Crippen LogP contribution < -0.4 is 5.32 Å². The molecule has 2 rings (SSSR count). The first-order chi connectivity index (χ1) is 8.86. The van der Waals surface area contributed by atoms with Gasteiger partial charge < -0.3 is 17.3 Å². The summed E-state index contributed by atoms with van der Waals surface area (Å²) >= 11 is 0. The summed E-state index contributed by atoms with van der Waals surface area (Å²) in [5.41, 5.74) is 3.86. The molecule has 2 aromatic carbocycles. The second-order valence-electron chi connectivity index (χ2n) is 3.91. The molecule has 0 unspecified atom stereocenters. The highest BCUT2D eigenvalue weighted by Crippen LogP contribution is 2.09. The molecule has 0 bridgehead atoms. The number of hydrogen-bond donors (Lipinski definition) is 1. The number of hydrogen-bond acceptors (Lipinski definition) is 0. The molecule has 0 saturated carbocycles. The zero-order valence-corrected chi connectivity index (χ0v) is 10.4. The van der Waals surface area contributed by atoms with Crippen LogP contribution in [0.4, 0.5) is 28.6 Å². The van der Waals surface area contributed by atoms with E-state index in [1.165, 1.54) is 16.9 Å². The van der Waals surface area contributed by atoms with E-state index >= 15 is 0 Å². The van der Waals surface area contributed by atoms with Crippen molar-refractivity contribution in [3.05, 3.63) is 60.2 Å². The largest absolute Gasteiger partial charge is 0.673 e. The van der Waals surface area contributed by atoms with E-state index in [4.69, 9.17) is 0 Å². The van der Waals surface area contributed by atoms with Crippen molar-refractivity contribution in [2.24, 2.45) is 0 Å². The van der Waals surface area contributed by atoms with Gasteiger partial charge in [-0.3, -0.25) is 5.32 Å². The quantitative estimate of drug-likeness (QED) is 0.485. The lowest BCUT2D eigenvalue weighted by atomic mass is 10.2. The Kier molecular flexibility index (Phi) is 5.57. The molecule has 0 amide bonds. The van der Waals surface area contributed by atoms with Crippen LogP contribution in [0, 0.1) is 6.92 Å². The molecule has 0 spiro atoms. The van der Waals surface area contributed by atoms with Crippen LogP contribution in [0.2, 0.25) is 0 Å². The molecule has 102 valence electrons. The molecule has 0 heterocycles. The zero-order valence-electron chi connectivity index (χ0n) is 10.4. The van der Waals surface area contributed by atoms with E-state index in [2.05, 4.69) is 60.8 Å². The van der Waals surface area contributed by atoms with Gasteiger partial charge in [-0.1, -0.05) is 36.4 Å². The molecule has 0 radical (unpaired) electrons. The highest BCUT2D eigenvalue weighted by atomic mass is 19.5. The summed E-state index contributed by atoms with van der Waals surface area (Å²) in [5.74, 6) is 0. The van der Waals surface area contributed by atoms with Crippen molar-refractivity contribution >= 4 is 18.6 Å². The Balaban J connectivity index is 0.000000312. The van der Waals surface area contributed by atoms with E-state index in [1.807, 2.05) is 6.07 Å².